The van der Waals surface area contributed by atoms with E-state index in [0.29, 0.717) is 0 Å². The van der Waals surface area contributed by atoms with Crippen LogP contribution < -0.4 is 0 Å². The molecule has 0 aromatic carbocycles. The fourth-order valence-electron chi connectivity index (χ4n) is 1.23. The second-order valence-electron chi connectivity index (χ2n) is 3.00. The molecule has 1 N–H and O–H groups in total. The monoisotopic (exact) mass is 218 g/mol. The fourth-order valence-corrected chi connectivity index (χ4v) is 2.05. The first kappa shape index (κ1) is 9.97. The van der Waals surface area contributed by atoms with Crippen LogP contribution in [-0.2, 0) is 6.54 Å². The average molecular weight is 218 g/mol. The molecule has 2 heterocycles. The Labute approximate surface area is 92.0 Å². The lowest BCUT2D eigenvalue weighted by atomic mass is 10.3. The van der Waals surface area contributed by atoms with Crippen molar-refractivity contribution in [2.75, 3.05) is 6.61 Å². The SMILES string of the molecule is OCC#Cc1csc(Cn2ccnc2)c1. The smallest absolute Gasteiger partial charge is 0.104 e. The maximum atomic E-state index is 8.56. The number of hydrogen-bond acceptors (Lipinski definition) is 3. The van der Waals surface area contributed by atoms with E-state index in [-0.39, 0.29) is 6.61 Å². The Bertz CT molecular complexity index is 476. The van der Waals surface area contributed by atoms with Gasteiger partial charge in [-0.15, -0.1) is 11.3 Å². The van der Waals surface area contributed by atoms with Gasteiger partial charge < -0.3 is 9.67 Å². The van der Waals surface area contributed by atoms with Gasteiger partial charge in [0.2, 0.25) is 0 Å². The number of aliphatic hydroxyl groups excluding tert-OH is 1. The van der Waals surface area contributed by atoms with Crippen molar-refractivity contribution in [2.45, 2.75) is 6.54 Å². The molecule has 0 saturated carbocycles. The lowest BCUT2D eigenvalue weighted by molar-refractivity contribution is 0.350. The maximum absolute atomic E-state index is 8.56. The van der Waals surface area contributed by atoms with Crippen molar-refractivity contribution in [1.29, 1.82) is 0 Å². The summed E-state index contributed by atoms with van der Waals surface area (Å²) in [5.41, 5.74) is 0.962. The Morgan fingerprint density at radius 1 is 1.53 bits per heavy atom. The number of thiophene rings is 1. The maximum Gasteiger partial charge on any atom is 0.104 e. The van der Waals surface area contributed by atoms with Crippen LogP contribution in [0, 0.1) is 11.8 Å². The van der Waals surface area contributed by atoms with Gasteiger partial charge in [0.1, 0.15) is 6.61 Å². The summed E-state index contributed by atoms with van der Waals surface area (Å²) in [5, 5.41) is 10.6. The minimum absolute atomic E-state index is 0.0906. The second-order valence-corrected chi connectivity index (χ2v) is 3.99. The molecule has 0 spiro atoms. The molecule has 2 rings (SSSR count). The highest BCUT2D eigenvalue weighted by molar-refractivity contribution is 7.10. The standard InChI is InChI=1S/C11H10N2OS/c14-5-1-2-10-6-11(15-8-10)7-13-4-3-12-9-13/h3-4,6,8-9,14H,5,7H2. The molecule has 15 heavy (non-hydrogen) atoms. The highest BCUT2D eigenvalue weighted by atomic mass is 32.1. The zero-order valence-corrected chi connectivity index (χ0v) is 8.87. The topological polar surface area (TPSA) is 38.0 Å². The predicted octanol–water partition coefficient (Wildman–Crippen LogP) is 1.34. The van der Waals surface area contributed by atoms with Gasteiger partial charge in [-0.1, -0.05) is 11.8 Å². The number of hydrogen-bond donors (Lipinski definition) is 1. The quantitative estimate of drug-likeness (QED) is 0.772. The van der Waals surface area contributed by atoms with E-state index in [0.717, 1.165) is 12.1 Å². The van der Waals surface area contributed by atoms with E-state index < -0.39 is 0 Å². The summed E-state index contributed by atoms with van der Waals surface area (Å²) < 4.78 is 2.01. The van der Waals surface area contributed by atoms with Gasteiger partial charge in [0.05, 0.1) is 12.9 Å². The summed E-state index contributed by atoms with van der Waals surface area (Å²) >= 11 is 1.67. The van der Waals surface area contributed by atoms with Crippen LogP contribution in [0.4, 0.5) is 0 Å². The van der Waals surface area contributed by atoms with Crippen LogP contribution >= 0.6 is 11.3 Å². The Morgan fingerprint density at radius 3 is 3.20 bits per heavy atom. The first-order chi connectivity index (χ1) is 7.38. The molecule has 4 heteroatoms. The number of nitrogens with zero attached hydrogens (tertiary/aromatic N) is 2. The summed E-state index contributed by atoms with van der Waals surface area (Å²) in [4.78, 5) is 5.21. The molecule has 0 fully saturated rings. The average Bonchev–Trinajstić information content (AvgIpc) is 2.87. The van der Waals surface area contributed by atoms with Crippen molar-refractivity contribution in [3.63, 3.8) is 0 Å². The molecule has 2 aromatic rings. The third-order valence-electron chi connectivity index (χ3n) is 1.86. The largest absolute Gasteiger partial charge is 0.384 e. The van der Waals surface area contributed by atoms with Crippen LogP contribution in [0.5, 0.6) is 0 Å². The first-order valence-electron chi connectivity index (χ1n) is 4.51. The minimum atomic E-state index is -0.0906. The molecule has 0 atom stereocenters. The van der Waals surface area contributed by atoms with Crippen LogP contribution in [0.2, 0.25) is 0 Å². The van der Waals surface area contributed by atoms with Crippen LogP contribution in [0.1, 0.15) is 10.4 Å². The lowest BCUT2D eigenvalue weighted by Crippen LogP contribution is -1.92. The molecule has 0 amide bonds. The Balaban J connectivity index is 2.07. The normalized spacial score (nSPS) is 9.67. The van der Waals surface area contributed by atoms with Crippen molar-refractivity contribution in [1.82, 2.24) is 9.55 Å². The van der Waals surface area contributed by atoms with Crippen molar-refractivity contribution < 1.29 is 5.11 Å². The van der Waals surface area contributed by atoms with E-state index in [4.69, 9.17) is 5.11 Å². The van der Waals surface area contributed by atoms with Gasteiger partial charge in [-0.3, -0.25) is 0 Å². The van der Waals surface area contributed by atoms with E-state index in [2.05, 4.69) is 16.8 Å². The third-order valence-corrected chi connectivity index (χ3v) is 2.78. The number of aliphatic hydroxyl groups is 1. The molecular formula is C11H10N2OS. The molecule has 0 aliphatic rings. The third kappa shape index (κ3) is 2.69. The Morgan fingerprint density at radius 2 is 2.47 bits per heavy atom. The van der Waals surface area contributed by atoms with Gasteiger partial charge in [0.15, 0.2) is 0 Å². The van der Waals surface area contributed by atoms with Crippen molar-refractivity contribution in [3.05, 3.63) is 40.6 Å². The Kier molecular flexibility index (Phi) is 3.18. The Hall–Kier alpha value is -1.57. The predicted molar refractivity (Wildman–Crippen MR) is 59.6 cm³/mol. The summed E-state index contributed by atoms with van der Waals surface area (Å²) in [7, 11) is 0. The zero-order valence-electron chi connectivity index (χ0n) is 8.05. The highest BCUT2D eigenvalue weighted by Crippen LogP contribution is 2.14. The van der Waals surface area contributed by atoms with Crippen molar-refractivity contribution >= 4 is 11.3 Å². The molecule has 0 radical (unpaired) electrons. The van der Waals surface area contributed by atoms with Crippen LogP contribution in [0.3, 0.4) is 0 Å². The fraction of sp³-hybridized carbons (Fsp3) is 0.182. The van der Waals surface area contributed by atoms with Crippen LogP contribution in [0.25, 0.3) is 0 Å². The molecule has 0 unspecified atom stereocenters. The summed E-state index contributed by atoms with van der Waals surface area (Å²) in [6.45, 7) is 0.734. The van der Waals surface area contributed by atoms with E-state index in [1.807, 2.05) is 22.2 Å². The molecule has 76 valence electrons. The molecule has 3 nitrogen and oxygen atoms in total. The molecule has 0 aliphatic heterocycles. The van der Waals surface area contributed by atoms with Crippen molar-refractivity contribution in [3.8, 4) is 11.8 Å². The molecule has 0 bridgehead atoms. The van der Waals surface area contributed by atoms with Gasteiger partial charge in [0.25, 0.3) is 0 Å². The first-order valence-corrected chi connectivity index (χ1v) is 5.39. The second kappa shape index (κ2) is 4.78. The van der Waals surface area contributed by atoms with Crippen molar-refractivity contribution in [2.24, 2.45) is 0 Å². The summed E-state index contributed by atoms with van der Waals surface area (Å²) in [5.74, 6) is 5.51. The van der Waals surface area contributed by atoms with Gasteiger partial charge in [0, 0.05) is 28.2 Å². The lowest BCUT2D eigenvalue weighted by Gasteiger charge is -1.96. The number of aromatic nitrogens is 2. The van der Waals surface area contributed by atoms with E-state index in [1.54, 1.807) is 23.9 Å². The highest BCUT2D eigenvalue weighted by Gasteiger charge is 1.98. The zero-order chi connectivity index (χ0) is 10.5. The van der Waals surface area contributed by atoms with Gasteiger partial charge in [-0.05, 0) is 6.07 Å². The van der Waals surface area contributed by atoms with E-state index >= 15 is 0 Å². The van der Waals surface area contributed by atoms with Crippen LogP contribution in [-0.4, -0.2) is 21.3 Å². The number of imidazole rings is 1. The van der Waals surface area contributed by atoms with Crippen LogP contribution in [0.15, 0.2) is 30.2 Å². The van der Waals surface area contributed by atoms with Gasteiger partial charge in [-0.25, -0.2) is 4.98 Å². The number of rotatable bonds is 2. The summed E-state index contributed by atoms with van der Waals surface area (Å²) in [6, 6.07) is 2.04. The molecule has 0 saturated heterocycles. The minimum Gasteiger partial charge on any atom is -0.384 e. The summed E-state index contributed by atoms with van der Waals surface area (Å²) in [6.07, 6.45) is 5.48. The molecule has 0 aliphatic carbocycles. The molecule has 2 aromatic heterocycles. The van der Waals surface area contributed by atoms with Gasteiger partial charge >= 0.3 is 0 Å². The van der Waals surface area contributed by atoms with E-state index in [9.17, 15) is 0 Å². The molecular weight excluding hydrogens is 208 g/mol. The van der Waals surface area contributed by atoms with E-state index in [1.165, 1.54) is 4.88 Å². The van der Waals surface area contributed by atoms with Gasteiger partial charge in [-0.2, -0.15) is 0 Å².